The molecular weight excluding hydrogens is 298 g/mol. The van der Waals surface area contributed by atoms with Crippen molar-refractivity contribution in [1.82, 2.24) is 9.97 Å². The van der Waals surface area contributed by atoms with Crippen LogP contribution in [-0.2, 0) is 9.84 Å². The van der Waals surface area contributed by atoms with Crippen molar-refractivity contribution in [2.75, 3.05) is 12.0 Å². The smallest absolute Gasteiger partial charge is 0.251 e. The first kappa shape index (κ1) is 14.6. The highest BCUT2D eigenvalue weighted by molar-refractivity contribution is 7.99. The molecule has 6 nitrogen and oxygen atoms in total. The highest BCUT2D eigenvalue weighted by atomic mass is 32.2. The van der Waals surface area contributed by atoms with Gasteiger partial charge in [0.25, 0.3) is 5.56 Å². The Morgan fingerprint density at radius 1 is 1.35 bits per heavy atom. The second-order valence-electron chi connectivity index (χ2n) is 4.23. The molecular formula is C12H13N3O3S2. The van der Waals surface area contributed by atoms with E-state index in [0.717, 1.165) is 18.0 Å². The van der Waals surface area contributed by atoms with Crippen LogP contribution >= 0.6 is 11.8 Å². The molecule has 0 fully saturated rings. The summed E-state index contributed by atoms with van der Waals surface area (Å²) in [5, 5.41) is 0.368. The van der Waals surface area contributed by atoms with Crippen LogP contribution in [0.25, 0.3) is 0 Å². The first-order valence-electron chi connectivity index (χ1n) is 5.62. The van der Waals surface area contributed by atoms with Crippen molar-refractivity contribution in [3.8, 4) is 0 Å². The largest absolute Gasteiger partial charge is 0.397 e. The summed E-state index contributed by atoms with van der Waals surface area (Å²) in [5.74, 6) is 0. The van der Waals surface area contributed by atoms with Gasteiger partial charge in [0.2, 0.25) is 0 Å². The third-order valence-electron chi connectivity index (χ3n) is 2.48. The van der Waals surface area contributed by atoms with Crippen molar-refractivity contribution in [1.29, 1.82) is 0 Å². The first-order valence-corrected chi connectivity index (χ1v) is 8.32. The maximum atomic E-state index is 11.6. The van der Waals surface area contributed by atoms with E-state index in [1.54, 1.807) is 19.1 Å². The Balaban J connectivity index is 2.47. The molecule has 0 spiro atoms. The summed E-state index contributed by atoms with van der Waals surface area (Å²) < 4.78 is 23.2. The Bertz CT molecular complexity index is 813. The van der Waals surface area contributed by atoms with Crippen LogP contribution in [0.5, 0.6) is 0 Å². The van der Waals surface area contributed by atoms with Gasteiger partial charge in [0.15, 0.2) is 15.0 Å². The number of anilines is 1. The van der Waals surface area contributed by atoms with Crippen LogP contribution in [0, 0.1) is 6.92 Å². The summed E-state index contributed by atoms with van der Waals surface area (Å²) in [7, 11) is -3.40. The molecule has 3 N–H and O–H groups in total. The van der Waals surface area contributed by atoms with Gasteiger partial charge in [-0.25, -0.2) is 13.4 Å². The van der Waals surface area contributed by atoms with Crippen LogP contribution in [0.4, 0.5) is 5.69 Å². The van der Waals surface area contributed by atoms with Crippen LogP contribution in [-0.4, -0.2) is 24.6 Å². The third-order valence-corrected chi connectivity index (χ3v) is 4.60. The first-order chi connectivity index (χ1) is 9.27. The van der Waals surface area contributed by atoms with Crippen LogP contribution in [0.3, 0.4) is 0 Å². The van der Waals surface area contributed by atoms with Gasteiger partial charge >= 0.3 is 0 Å². The van der Waals surface area contributed by atoms with Gasteiger partial charge in [-0.05, 0) is 30.8 Å². The number of nitrogen functional groups attached to an aromatic ring is 1. The zero-order valence-electron chi connectivity index (χ0n) is 10.9. The Hall–Kier alpha value is -1.80. The molecule has 106 valence electrons. The number of benzene rings is 1. The van der Waals surface area contributed by atoms with E-state index in [9.17, 15) is 13.2 Å². The number of aromatic amines is 1. The van der Waals surface area contributed by atoms with E-state index in [1.807, 2.05) is 0 Å². The number of sulfone groups is 1. The Labute approximate surface area is 120 Å². The number of nitrogens with one attached hydrogen (secondary N) is 1. The summed E-state index contributed by atoms with van der Waals surface area (Å²) in [4.78, 5) is 18.7. The quantitative estimate of drug-likeness (QED) is 0.652. The lowest BCUT2D eigenvalue weighted by molar-refractivity contribution is 0.602. The fourth-order valence-corrected chi connectivity index (χ4v) is 3.46. The number of nitrogens with two attached hydrogens (primary N) is 1. The molecule has 2 rings (SSSR count). The van der Waals surface area contributed by atoms with E-state index >= 15 is 0 Å². The maximum absolute atomic E-state index is 11.6. The predicted octanol–water partition coefficient (Wildman–Crippen LogP) is 1.22. The van der Waals surface area contributed by atoms with E-state index in [4.69, 9.17) is 5.73 Å². The molecule has 8 heteroatoms. The minimum absolute atomic E-state index is 0.0671. The van der Waals surface area contributed by atoms with E-state index in [-0.39, 0.29) is 16.1 Å². The minimum Gasteiger partial charge on any atom is -0.397 e. The van der Waals surface area contributed by atoms with Gasteiger partial charge in [0, 0.05) is 22.9 Å². The van der Waals surface area contributed by atoms with Gasteiger partial charge in [-0.3, -0.25) is 4.79 Å². The second kappa shape index (κ2) is 5.29. The van der Waals surface area contributed by atoms with Crippen LogP contribution in [0.1, 0.15) is 5.69 Å². The van der Waals surface area contributed by atoms with E-state index in [1.165, 1.54) is 12.1 Å². The number of nitrogens with zero attached hydrogens (tertiary/aromatic N) is 1. The molecule has 0 aliphatic rings. The number of aromatic nitrogens is 2. The molecule has 1 heterocycles. The number of hydrogen-bond acceptors (Lipinski definition) is 6. The fraction of sp³-hybridized carbons (Fsp3) is 0.167. The molecule has 0 amide bonds. The molecule has 1 aromatic carbocycles. The molecule has 20 heavy (non-hydrogen) atoms. The van der Waals surface area contributed by atoms with Crippen molar-refractivity contribution in [3.63, 3.8) is 0 Å². The number of hydrogen-bond donors (Lipinski definition) is 2. The van der Waals surface area contributed by atoms with Gasteiger partial charge in [0.05, 0.1) is 10.6 Å². The minimum atomic E-state index is -3.40. The van der Waals surface area contributed by atoms with Gasteiger partial charge in [-0.15, -0.1) is 0 Å². The fourth-order valence-electron chi connectivity index (χ4n) is 1.64. The van der Waals surface area contributed by atoms with Crippen LogP contribution < -0.4 is 11.3 Å². The zero-order valence-corrected chi connectivity index (χ0v) is 12.5. The number of aryl methyl sites for hydroxylation is 1. The van der Waals surface area contributed by atoms with Crippen molar-refractivity contribution in [2.45, 2.75) is 21.9 Å². The molecule has 0 bridgehead atoms. The Morgan fingerprint density at radius 2 is 2.05 bits per heavy atom. The normalized spacial score (nSPS) is 11.5. The third kappa shape index (κ3) is 3.20. The van der Waals surface area contributed by atoms with E-state index in [0.29, 0.717) is 15.7 Å². The summed E-state index contributed by atoms with van der Waals surface area (Å²) in [5.41, 5.74) is 6.34. The lowest BCUT2D eigenvalue weighted by atomic mass is 10.3. The number of rotatable bonds is 3. The highest BCUT2D eigenvalue weighted by Crippen LogP contribution is 2.33. The lowest BCUT2D eigenvalue weighted by Gasteiger charge is -2.08. The molecule has 0 atom stereocenters. The lowest BCUT2D eigenvalue weighted by Crippen LogP contribution is -2.08. The zero-order chi connectivity index (χ0) is 14.9. The average molecular weight is 311 g/mol. The van der Waals surface area contributed by atoms with Gasteiger partial charge in [0.1, 0.15) is 0 Å². The average Bonchev–Trinajstić information content (AvgIpc) is 2.29. The SMILES string of the molecule is Cc1cc(=O)[nH]c(Sc2cccc(S(C)(=O)=O)c2N)n1. The molecule has 0 saturated carbocycles. The molecule has 0 aliphatic heterocycles. The second-order valence-corrected chi connectivity index (χ2v) is 7.25. The highest BCUT2D eigenvalue weighted by Gasteiger charge is 2.15. The summed E-state index contributed by atoms with van der Waals surface area (Å²) >= 11 is 1.12. The molecule has 0 unspecified atom stereocenters. The van der Waals surface area contributed by atoms with Gasteiger partial charge in [-0.1, -0.05) is 6.07 Å². The topological polar surface area (TPSA) is 106 Å². The molecule has 0 saturated heterocycles. The maximum Gasteiger partial charge on any atom is 0.251 e. The summed E-state index contributed by atoms with van der Waals surface area (Å²) in [6, 6.07) is 6.10. The van der Waals surface area contributed by atoms with Crippen LogP contribution in [0.15, 0.2) is 44.0 Å². The predicted molar refractivity (Wildman–Crippen MR) is 77.7 cm³/mol. The molecule has 2 aromatic rings. The van der Waals surface area contributed by atoms with E-state index < -0.39 is 9.84 Å². The van der Waals surface area contributed by atoms with Gasteiger partial charge < -0.3 is 10.7 Å². The van der Waals surface area contributed by atoms with Crippen molar-refractivity contribution in [2.24, 2.45) is 0 Å². The summed E-state index contributed by atoms with van der Waals surface area (Å²) in [6.07, 6.45) is 1.10. The number of H-pyrrole nitrogens is 1. The number of para-hydroxylation sites is 1. The molecule has 0 aliphatic carbocycles. The monoisotopic (exact) mass is 311 g/mol. The Kier molecular flexibility index (Phi) is 3.87. The molecule has 1 aromatic heterocycles. The molecule has 0 radical (unpaired) electrons. The van der Waals surface area contributed by atoms with Crippen molar-refractivity contribution >= 4 is 27.3 Å². The van der Waals surface area contributed by atoms with Gasteiger partial charge in [-0.2, -0.15) is 0 Å². The standard InChI is InChI=1S/C12H13N3O3S2/c1-7-6-10(16)15-12(14-7)19-8-4-3-5-9(11(8)13)20(2,17)18/h3-6H,13H2,1-2H3,(H,14,15,16). The Morgan fingerprint density at radius 3 is 2.65 bits per heavy atom. The van der Waals surface area contributed by atoms with E-state index in [2.05, 4.69) is 9.97 Å². The summed E-state index contributed by atoms with van der Waals surface area (Å²) in [6.45, 7) is 1.70. The van der Waals surface area contributed by atoms with Crippen molar-refractivity contribution in [3.05, 3.63) is 40.3 Å². The van der Waals surface area contributed by atoms with Crippen LogP contribution in [0.2, 0.25) is 0 Å². The van der Waals surface area contributed by atoms with Crippen molar-refractivity contribution < 1.29 is 8.42 Å².